The Morgan fingerprint density at radius 1 is 1.19 bits per heavy atom. The fourth-order valence-corrected chi connectivity index (χ4v) is 3.22. The van der Waals surface area contributed by atoms with E-state index in [1.807, 2.05) is 38.1 Å². The van der Waals surface area contributed by atoms with Gasteiger partial charge in [-0.2, -0.15) is 0 Å². The molecule has 112 valence electrons. The number of nitrogens with zero attached hydrogens (tertiary/aromatic N) is 2. The second kappa shape index (κ2) is 7.04. The molecule has 0 bridgehead atoms. The number of carbonyl (C=O) groups is 1. The van der Waals surface area contributed by atoms with Gasteiger partial charge in [0.15, 0.2) is 0 Å². The third-order valence-corrected chi connectivity index (χ3v) is 5.12. The summed E-state index contributed by atoms with van der Waals surface area (Å²) < 4.78 is 0. The van der Waals surface area contributed by atoms with E-state index >= 15 is 0 Å². The Morgan fingerprint density at radius 3 is 2.43 bits per heavy atom. The minimum absolute atomic E-state index is 0.0490. The van der Waals surface area contributed by atoms with Crippen molar-refractivity contribution in [3.63, 3.8) is 0 Å². The Kier molecular flexibility index (Phi) is 5.36. The van der Waals surface area contributed by atoms with Crippen LogP contribution in [0.1, 0.15) is 37.3 Å². The van der Waals surface area contributed by atoms with E-state index in [1.165, 1.54) is 28.7 Å². The number of amides is 1. The Morgan fingerprint density at radius 2 is 1.86 bits per heavy atom. The zero-order valence-corrected chi connectivity index (χ0v) is 14.2. The highest BCUT2D eigenvalue weighted by molar-refractivity contribution is 8.00. The van der Waals surface area contributed by atoms with Crippen LogP contribution in [0.2, 0.25) is 0 Å². The van der Waals surface area contributed by atoms with Crippen LogP contribution < -0.4 is 5.32 Å². The molecule has 4 nitrogen and oxygen atoms in total. The smallest absolute Gasteiger partial charge is 0.239 e. The van der Waals surface area contributed by atoms with Crippen LogP contribution in [-0.4, -0.2) is 21.4 Å². The number of hydrogen-bond donors (Lipinski definition) is 1. The largest absolute Gasteiger partial charge is 0.300 e. The molecule has 21 heavy (non-hydrogen) atoms. The van der Waals surface area contributed by atoms with Crippen molar-refractivity contribution in [3.05, 3.63) is 34.8 Å². The summed E-state index contributed by atoms with van der Waals surface area (Å²) in [5.41, 5.74) is 1.21. The molecule has 0 aliphatic carbocycles. The Hall–Kier alpha value is -1.40. The average Bonchev–Trinajstić information content (AvgIpc) is 2.90. The number of benzene rings is 1. The first-order chi connectivity index (χ1) is 9.95. The molecule has 0 saturated heterocycles. The third kappa shape index (κ3) is 4.54. The fourth-order valence-electron chi connectivity index (χ4n) is 1.60. The average molecular weight is 321 g/mol. The fraction of sp³-hybridized carbons (Fsp3) is 0.400. The molecule has 1 amide bonds. The molecule has 1 heterocycles. The van der Waals surface area contributed by atoms with Crippen LogP contribution in [0.15, 0.2) is 29.2 Å². The minimum atomic E-state index is -0.181. The summed E-state index contributed by atoms with van der Waals surface area (Å²) in [7, 11) is 0. The summed E-state index contributed by atoms with van der Waals surface area (Å²) in [6, 6.07) is 8.16. The van der Waals surface area contributed by atoms with Crippen LogP contribution in [0, 0.1) is 6.92 Å². The third-order valence-electron chi connectivity index (χ3n) is 2.87. The SMILES string of the molecule is Cc1ccc(SC(C)C(=O)Nc2nnc(C(C)C)s2)cc1. The number of thioether (sulfide) groups is 1. The van der Waals surface area contributed by atoms with Crippen LogP contribution in [0.25, 0.3) is 0 Å². The van der Waals surface area contributed by atoms with Gasteiger partial charge in [0, 0.05) is 10.8 Å². The summed E-state index contributed by atoms with van der Waals surface area (Å²) in [6.45, 7) is 8.06. The highest BCUT2D eigenvalue weighted by Gasteiger charge is 2.17. The highest BCUT2D eigenvalue weighted by atomic mass is 32.2. The molecule has 2 rings (SSSR count). The van der Waals surface area contributed by atoms with Gasteiger partial charge in [-0.1, -0.05) is 42.9 Å². The van der Waals surface area contributed by atoms with Crippen molar-refractivity contribution in [2.75, 3.05) is 5.32 Å². The number of anilines is 1. The van der Waals surface area contributed by atoms with Crippen molar-refractivity contribution < 1.29 is 4.79 Å². The quantitative estimate of drug-likeness (QED) is 0.843. The maximum absolute atomic E-state index is 12.2. The van der Waals surface area contributed by atoms with Crippen LogP contribution in [-0.2, 0) is 4.79 Å². The zero-order chi connectivity index (χ0) is 15.4. The second-order valence-corrected chi connectivity index (χ2v) is 7.59. The molecule has 0 fully saturated rings. The summed E-state index contributed by atoms with van der Waals surface area (Å²) in [5.74, 6) is 0.277. The molecule has 1 N–H and O–H groups in total. The molecule has 0 aliphatic heterocycles. The van der Waals surface area contributed by atoms with Gasteiger partial charge in [0.25, 0.3) is 0 Å². The predicted molar refractivity (Wildman–Crippen MR) is 89.1 cm³/mol. The van der Waals surface area contributed by atoms with E-state index in [0.717, 1.165) is 9.90 Å². The van der Waals surface area contributed by atoms with E-state index in [1.54, 1.807) is 0 Å². The summed E-state index contributed by atoms with van der Waals surface area (Å²) in [4.78, 5) is 13.3. The van der Waals surface area contributed by atoms with Crippen LogP contribution in [0.4, 0.5) is 5.13 Å². The number of hydrogen-bond acceptors (Lipinski definition) is 5. The van der Waals surface area contributed by atoms with E-state index in [-0.39, 0.29) is 11.2 Å². The molecule has 0 saturated carbocycles. The molecule has 1 unspecified atom stereocenters. The number of aromatic nitrogens is 2. The number of nitrogens with one attached hydrogen (secondary N) is 1. The zero-order valence-electron chi connectivity index (χ0n) is 12.6. The lowest BCUT2D eigenvalue weighted by Crippen LogP contribution is -2.22. The molecule has 0 radical (unpaired) electrons. The van der Waals surface area contributed by atoms with Crippen molar-refractivity contribution in [3.8, 4) is 0 Å². The van der Waals surface area contributed by atoms with Crippen LogP contribution in [0.3, 0.4) is 0 Å². The molecular formula is C15H19N3OS2. The Labute approximate surface area is 133 Å². The molecule has 1 aromatic heterocycles. The van der Waals surface area contributed by atoms with Gasteiger partial charge in [-0.25, -0.2) is 0 Å². The van der Waals surface area contributed by atoms with E-state index in [9.17, 15) is 4.79 Å². The van der Waals surface area contributed by atoms with E-state index < -0.39 is 0 Å². The first-order valence-corrected chi connectivity index (χ1v) is 8.53. The molecule has 0 spiro atoms. The minimum Gasteiger partial charge on any atom is -0.300 e. The molecule has 0 aliphatic rings. The number of rotatable bonds is 5. The Balaban J connectivity index is 1.94. The van der Waals surface area contributed by atoms with E-state index in [4.69, 9.17) is 0 Å². The van der Waals surface area contributed by atoms with Crippen molar-refractivity contribution >= 4 is 34.1 Å². The lowest BCUT2D eigenvalue weighted by molar-refractivity contribution is -0.115. The van der Waals surface area contributed by atoms with E-state index in [0.29, 0.717) is 11.0 Å². The summed E-state index contributed by atoms with van der Waals surface area (Å²) >= 11 is 2.97. The molecular weight excluding hydrogens is 302 g/mol. The first-order valence-electron chi connectivity index (χ1n) is 6.83. The Bertz CT molecular complexity index is 608. The standard InChI is InChI=1S/C15H19N3OS2/c1-9(2)14-17-18-15(21-14)16-13(19)11(4)20-12-7-5-10(3)6-8-12/h5-9,11H,1-4H3,(H,16,18,19). The van der Waals surface area contributed by atoms with Gasteiger partial charge < -0.3 is 0 Å². The molecule has 6 heteroatoms. The lowest BCUT2D eigenvalue weighted by Gasteiger charge is -2.10. The normalized spacial score (nSPS) is 12.4. The maximum Gasteiger partial charge on any atom is 0.239 e. The van der Waals surface area contributed by atoms with Crippen LogP contribution >= 0.6 is 23.1 Å². The van der Waals surface area contributed by atoms with Gasteiger partial charge in [0.1, 0.15) is 5.01 Å². The van der Waals surface area contributed by atoms with Gasteiger partial charge in [-0.3, -0.25) is 10.1 Å². The van der Waals surface area contributed by atoms with Crippen molar-refractivity contribution in [1.82, 2.24) is 10.2 Å². The molecule has 1 aromatic carbocycles. The lowest BCUT2D eigenvalue weighted by atomic mass is 10.2. The number of aryl methyl sites for hydroxylation is 1. The van der Waals surface area contributed by atoms with Gasteiger partial charge in [0.2, 0.25) is 11.0 Å². The molecule has 2 aromatic rings. The summed E-state index contributed by atoms with van der Waals surface area (Å²) in [6.07, 6.45) is 0. The van der Waals surface area contributed by atoms with Crippen molar-refractivity contribution in [2.45, 2.75) is 43.8 Å². The number of carbonyl (C=O) groups excluding carboxylic acids is 1. The predicted octanol–water partition coefficient (Wildman–Crippen LogP) is 4.09. The highest BCUT2D eigenvalue weighted by Crippen LogP contribution is 2.26. The van der Waals surface area contributed by atoms with Gasteiger partial charge in [-0.15, -0.1) is 22.0 Å². The van der Waals surface area contributed by atoms with E-state index in [2.05, 4.69) is 29.4 Å². The van der Waals surface area contributed by atoms with Gasteiger partial charge in [0.05, 0.1) is 5.25 Å². The van der Waals surface area contributed by atoms with Gasteiger partial charge >= 0.3 is 0 Å². The topological polar surface area (TPSA) is 54.9 Å². The van der Waals surface area contributed by atoms with Crippen molar-refractivity contribution in [1.29, 1.82) is 0 Å². The summed E-state index contributed by atoms with van der Waals surface area (Å²) in [5, 5.41) is 12.2. The first kappa shape index (κ1) is 16.0. The molecule has 1 atom stereocenters. The van der Waals surface area contributed by atoms with Gasteiger partial charge in [-0.05, 0) is 26.0 Å². The monoisotopic (exact) mass is 321 g/mol. The maximum atomic E-state index is 12.2. The van der Waals surface area contributed by atoms with Crippen LogP contribution in [0.5, 0.6) is 0 Å². The second-order valence-electron chi connectivity index (χ2n) is 5.16. The van der Waals surface area contributed by atoms with Crippen molar-refractivity contribution in [2.24, 2.45) is 0 Å².